The van der Waals surface area contributed by atoms with Crippen molar-refractivity contribution in [2.75, 3.05) is 0 Å². The van der Waals surface area contributed by atoms with E-state index >= 15 is 0 Å². The molecule has 1 aromatic heterocycles. The Bertz CT molecular complexity index is 282. The van der Waals surface area contributed by atoms with Crippen LogP contribution in [0.4, 0.5) is 0 Å². The Morgan fingerprint density at radius 2 is 1.19 bits per heavy atom. The second-order valence-corrected chi connectivity index (χ2v) is 10.8. The summed E-state index contributed by atoms with van der Waals surface area (Å²) in [5, 5.41) is 0. The lowest BCUT2D eigenvalue weighted by Crippen LogP contribution is -2.53. The van der Waals surface area contributed by atoms with E-state index in [1.807, 2.05) is 29.3 Å². The molecule has 0 spiro atoms. The van der Waals surface area contributed by atoms with Crippen molar-refractivity contribution in [2.45, 2.75) is 58.2 Å². The van der Waals surface area contributed by atoms with Gasteiger partial charge in [-0.25, -0.2) is 4.73 Å². The molecule has 0 aliphatic carbocycles. The zero-order valence-electron chi connectivity index (χ0n) is 11.4. The molecule has 1 heterocycles. The second-order valence-electron chi connectivity index (χ2n) is 5.45. The Hall–Kier alpha value is -0.703. The Balaban J connectivity index is 3.02. The van der Waals surface area contributed by atoms with E-state index in [-0.39, 0.29) is 0 Å². The van der Waals surface area contributed by atoms with Crippen LogP contribution in [0.3, 0.4) is 0 Å². The molecule has 0 bridgehead atoms. The van der Waals surface area contributed by atoms with Gasteiger partial charge in [0.25, 0.3) is 8.32 Å². The average Bonchev–Trinajstić information content (AvgIpc) is 2.64. The number of rotatable bonds is 5. The SMILES string of the molecule is CC(C)[Si](On1cccc1)(C(C)C)C(C)C. The van der Waals surface area contributed by atoms with Gasteiger partial charge >= 0.3 is 0 Å². The summed E-state index contributed by atoms with van der Waals surface area (Å²) in [6.45, 7) is 13.8. The summed E-state index contributed by atoms with van der Waals surface area (Å²) in [5.74, 6) is 0. The van der Waals surface area contributed by atoms with Gasteiger partial charge in [0, 0.05) is 12.4 Å². The molecular formula is C13H25NOSi. The fraction of sp³-hybridized carbons (Fsp3) is 0.692. The zero-order valence-corrected chi connectivity index (χ0v) is 12.4. The molecule has 0 aliphatic heterocycles. The summed E-state index contributed by atoms with van der Waals surface area (Å²) in [5.41, 5.74) is 1.86. The maximum Gasteiger partial charge on any atom is 0.292 e. The average molecular weight is 239 g/mol. The van der Waals surface area contributed by atoms with Crippen molar-refractivity contribution in [3.8, 4) is 0 Å². The molecule has 16 heavy (non-hydrogen) atoms. The van der Waals surface area contributed by atoms with Crippen molar-refractivity contribution in [2.24, 2.45) is 0 Å². The maximum atomic E-state index is 6.38. The van der Waals surface area contributed by atoms with E-state index in [4.69, 9.17) is 4.53 Å². The van der Waals surface area contributed by atoms with Gasteiger partial charge in [0.15, 0.2) is 0 Å². The Labute approximate surface area is 101 Å². The fourth-order valence-electron chi connectivity index (χ4n) is 2.88. The van der Waals surface area contributed by atoms with Gasteiger partial charge in [-0.05, 0) is 28.8 Å². The van der Waals surface area contributed by atoms with Crippen LogP contribution in [0.5, 0.6) is 0 Å². The van der Waals surface area contributed by atoms with Crippen LogP contribution in [0.1, 0.15) is 41.5 Å². The van der Waals surface area contributed by atoms with Crippen LogP contribution >= 0.6 is 0 Å². The van der Waals surface area contributed by atoms with E-state index in [2.05, 4.69) is 41.5 Å². The molecule has 0 saturated heterocycles. The van der Waals surface area contributed by atoms with Gasteiger partial charge < -0.3 is 4.53 Å². The predicted molar refractivity (Wildman–Crippen MR) is 72.1 cm³/mol. The molecule has 2 nitrogen and oxygen atoms in total. The summed E-state index contributed by atoms with van der Waals surface area (Å²) in [6, 6.07) is 4.03. The van der Waals surface area contributed by atoms with Crippen molar-refractivity contribution < 1.29 is 4.53 Å². The van der Waals surface area contributed by atoms with Crippen molar-refractivity contribution >= 4 is 8.32 Å². The third kappa shape index (κ3) is 2.34. The molecule has 0 N–H and O–H groups in total. The van der Waals surface area contributed by atoms with Crippen LogP contribution in [0.25, 0.3) is 0 Å². The maximum absolute atomic E-state index is 6.38. The highest BCUT2D eigenvalue weighted by atomic mass is 28.4. The van der Waals surface area contributed by atoms with Gasteiger partial charge in [-0.2, -0.15) is 0 Å². The molecule has 1 aromatic rings. The van der Waals surface area contributed by atoms with E-state index in [9.17, 15) is 0 Å². The van der Waals surface area contributed by atoms with Crippen molar-refractivity contribution in [3.05, 3.63) is 24.5 Å². The number of hydrogen-bond donors (Lipinski definition) is 0. The third-order valence-electron chi connectivity index (χ3n) is 3.55. The van der Waals surface area contributed by atoms with Gasteiger partial charge in [-0.1, -0.05) is 41.5 Å². The second kappa shape index (κ2) is 5.08. The van der Waals surface area contributed by atoms with E-state index in [1.54, 1.807) is 0 Å². The summed E-state index contributed by atoms with van der Waals surface area (Å²) in [6.07, 6.45) is 3.99. The first-order chi connectivity index (χ1) is 7.41. The summed E-state index contributed by atoms with van der Waals surface area (Å²) in [4.78, 5) is 0. The van der Waals surface area contributed by atoms with E-state index in [0.717, 1.165) is 0 Å². The van der Waals surface area contributed by atoms with E-state index in [0.29, 0.717) is 16.6 Å². The Morgan fingerprint density at radius 3 is 1.50 bits per heavy atom. The van der Waals surface area contributed by atoms with Crippen LogP contribution in [0, 0.1) is 0 Å². The predicted octanol–water partition coefficient (Wildman–Crippen LogP) is 4.09. The fourth-order valence-corrected chi connectivity index (χ4v) is 8.00. The molecule has 92 valence electrons. The normalized spacial score (nSPS) is 12.8. The van der Waals surface area contributed by atoms with Crippen molar-refractivity contribution in [1.29, 1.82) is 0 Å². The molecule has 3 heteroatoms. The topological polar surface area (TPSA) is 14.2 Å². The highest BCUT2D eigenvalue weighted by molar-refractivity contribution is 6.77. The molecule has 0 atom stereocenters. The standard InChI is InChI=1S/C13H25NOSi/c1-11(2)16(12(3)4,13(5)6)15-14-9-7-8-10-14/h7-13H,1-6H3. The van der Waals surface area contributed by atoms with E-state index < -0.39 is 8.32 Å². The van der Waals surface area contributed by atoms with Crippen LogP contribution in [0.15, 0.2) is 24.5 Å². The van der Waals surface area contributed by atoms with Gasteiger partial charge in [-0.15, -0.1) is 0 Å². The minimum absolute atomic E-state index is 0.620. The van der Waals surface area contributed by atoms with Crippen molar-refractivity contribution in [3.63, 3.8) is 0 Å². The van der Waals surface area contributed by atoms with Gasteiger partial charge in [0.2, 0.25) is 0 Å². The monoisotopic (exact) mass is 239 g/mol. The number of hydrogen-bond acceptors (Lipinski definition) is 1. The zero-order chi connectivity index (χ0) is 12.3. The van der Waals surface area contributed by atoms with Crippen LogP contribution in [-0.2, 0) is 0 Å². The van der Waals surface area contributed by atoms with Crippen molar-refractivity contribution in [1.82, 2.24) is 4.73 Å². The van der Waals surface area contributed by atoms with E-state index in [1.165, 1.54) is 0 Å². The molecular weight excluding hydrogens is 214 g/mol. The molecule has 0 aromatic carbocycles. The van der Waals surface area contributed by atoms with Gasteiger partial charge in [-0.3, -0.25) is 0 Å². The smallest absolute Gasteiger partial charge is 0.292 e. The number of aromatic nitrogens is 1. The molecule has 0 aliphatic rings. The summed E-state index contributed by atoms with van der Waals surface area (Å²) in [7, 11) is -1.77. The first-order valence-electron chi connectivity index (χ1n) is 6.23. The molecule has 0 amide bonds. The highest BCUT2D eigenvalue weighted by Crippen LogP contribution is 2.40. The molecule has 0 saturated carbocycles. The lowest BCUT2D eigenvalue weighted by atomic mass is 10.5. The Morgan fingerprint density at radius 1 is 0.812 bits per heavy atom. The highest BCUT2D eigenvalue weighted by Gasteiger charge is 2.48. The molecule has 0 fully saturated rings. The van der Waals surface area contributed by atoms with Crippen LogP contribution in [-0.4, -0.2) is 13.0 Å². The summed E-state index contributed by atoms with van der Waals surface area (Å²) >= 11 is 0. The lowest BCUT2D eigenvalue weighted by molar-refractivity contribution is 0.242. The number of nitrogens with zero attached hydrogens (tertiary/aromatic N) is 1. The largest absolute Gasteiger partial charge is 0.469 e. The van der Waals surface area contributed by atoms with Crippen LogP contribution < -0.4 is 4.53 Å². The first-order valence-corrected chi connectivity index (χ1v) is 8.37. The quantitative estimate of drug-likeness (QED) is 0.706. The van der Waals surface area contributed by atoms with Gasteiger partial charge in [0.1, 0.15) is 0 Å². The van der Waals surface area contributed by atoms with Crippen LogP contribution in [0.2, 0.25) is 16.6 Å². The minimum atomic E-state index is -1.77. The first kappa shape index (κ1) is 13.4. The molecule has 0 radical (unpaired) electrons. The summed E-state index contributed by atoms with van der Waals surface area (Å²) < 4.78 is 8.28. The molecule has 1 rings (SSSR count). The molecule has 0 unspecified atom stereocenters. The third-order valence-corrected chi connectivity index (χ3v) is 9.49. The lowest BCUT2D eigenvalue weighted by Gasteiger charge is -2.41. The Kier molecular flexibility index (Phi) is 4.25. The van der Waals surface area contributed by atoms with Gasteiger partial charge in [0.05, 0.1) is 0 Å². The minimum Gasteiger partial charge on any atom is -0.469 e.